The lowest BCUT2D eigenvalue weighted by Crippen LogP contribution is -2.15. The highest BCUT2D eigenvalue weighted by molar-refractivity contribution is 9.10. The van der Waals surface area contributed by atoms with Crippen molar-refractivity contribution in [1.82, 2.24) is 5.32 Å². The van der Waals surface area contributed by atoms with Crippen molar-refractivity contribution in [1.29, 1.82) is 5.26 Å². The number of hydrogen-bond acceptors (Lipinski definition) is 3. The molecule has 0 fully saturated rings. The van der Waals surface area contributed by atoms with Gasteiger partial charge in [-0.1, -0.05) is 22.9 Å². The number of aryl methyl sites for hydroxylation is 1. The quantitative estimate of drug-likeness (QED) is 0.736. The summed E-state index contributed by atoms with van der Waals surface area (Å²) in [4.78, 5) is 0. The molecule has 1 rings (SSSR count). The van der Waals surface area contributed by atoms with Crippen molar-refractivity contribution in [2.75, 3.05) is 13.2 Å². The average Bonchev–Trinajstić information content (AvgIpc) is 2.37. The van der Waals surface area contributed by atoms with Crippen LogP contribution in [-0.2, 0) is 6.54 Å². The maximum atomic E-state index is 8.53. The van der Waals surface area contributed by atoms with Crippen LogP contribution in [0.5, 0.6) is 5.75 Å². The van der Waals surface area contributed by atoms with Crippen LogP contribution in [0.3, 0.4) is 0 Å². The molecule has 0 aliphatic rings. The molecule has 0 spiro atoms. The van der Waals surface area contributed by atoms with Gasteiger partial charge in [0.1, 0.15) is 5.75 Å². The van der Waals surface area contributed by atoms with E-state index in [2.05, 4.69) is 46.4 Å². The van der Waals surface area contributed by atoms with Crippen molar-refractivity contribution < 1.29 is 4.74 Å². The molecule has 0 bridgehead atoms. The Morgan fingerprint density at radius 2 is 2.21 bits per heavy atom. The van der Waals surface area contributed by atoms with E-state index < -0.39 is 0 Å². The SMILES string of the molecule is CCCNCc1cc(Br)cc(C)c1OCCCC#N. The number of hydrogen-bond donors (Lipinski definition) is 1. The van der Waals surface area contributed by atoms with Gasteiger partial charge < -0.3 is 10.1 Å². The number of unbranched alkanes of at least 4 members (excludes halogenated alkanes) is 1. The van der Waals surface area contributed by atoms with Gasteiger partial charge in [0.05, 0.1) is 12.7 Å². The molecule has 0 unspecified atom stereocenters. The first-order valence-corrected chi connectivity index (χ1v) is 7.47. The molecule has 1 N–H and O–H groups in total. The second kappa shape index (κ2) is 8.95. The monoisotopic (exact) mass is 324 g/mol. The average molecular weight is 325 g/mol. The molecule has 19 heavy (non-hydrogen) atoms. The first-order valence-electron chi connectivity index (χ1n) is 6.68. The van der Waals surface area contributed by atoms with Crippen LogP contribution in [0.4, 0.5) is 0 Å². The Hall–Kier alpha value is -1.05. The first-order chi connectivity index (χ1) is 9.19. The minimum absolute atomic E-state index is 0.541. The molecule has 3 nitrogen and oxygen atoms in total. The van der Waals surface area contributed by atoms with Gasteiger partial charge in [0.2, 0.25) is 0 Å². The Kier molecular flexibility index (Phi) is 7.54. The molecule has 0 aliphatic carbocycles. The van der Waals surface area contributed by atoms with Gasteiger partial charge in [-0.3, -0.25) is 0 Å². The third-order valence-electron chi connectivity index (χ3n) is 2.74. The van der Waals surface area contributed by atoms with Gasteiger partial charge in [0.25, 0.3) is 0 Å². The van der Waals surface area contributed by atoms with E-state index >= 15 is 0 Å². The summed E-state index contributed by atoms with van der Waals surface area (Å²) in [7, 11) is 0. The summed E-state index contributed by atoms with van der Waals surface area (Å²) in [5.74, 6) is 0.949. The van der Waals surface area contributed by atoms with E-state index in [0.717, 1.165) is 47.3 Å². The number of halogens is 1. The molecule has 0 heterocycles. The van der Waals surface area contributed by atoms with Gasteiger partial charge >= 0.3 is 0 Å². The predicted octanol–water partition coefficient (Wildman–Crippen LogP) is 3.94. The summed E-state index contributed by atoms with van der Waals surface area (Å²) >= 11 is 3.52. The number of nitriles is 1. The van der Waals surface area contributed by atoms with Crippen molar-refractivity contribution in [3.05, 3.63) is 27.7 Å². The maximum absolute atomic E-state index is 8.53. The third-order valence-corrected chi connectivity index (χ3v) is 3.20. The summed E-state index contributed by atoms with van der Waals surface area (Å²) in [6.45, 7) is 6.60. The van der Waals surface area contributed by atoms with Crippen LogP contribution >= 0.6 is 15.9 Å². The molecule has 104 valence electrons. The Labute approximate surface area is 124 Å². The minimum atomic E-state index is 0.541. The summed E-state index contributed by atoms with van der Waals surface area (Å²) in [6, 6.07) is 6.29. The van der Waals surface area contributed by atoms with Gasteiger partial charge in [-0.05, 0) is 44.0 Å². The van der Waals surface area contributed by atoms with Crippen molar-refractivity contribution in [2.24, 2.45) is 0 Å². The lowest BCUT2D eigenvalue weighted by atomic mass is 10.1. The summed E-state index contributed by atoms with van der Waals surface area (Å²) < 4.78 is 6.92. The zero-order valence-electron chi connectivity index (χ0n) is 11.6. The summed E-state index contributed by atoms with van der Waals surface area (Å²) in [6.07, 6.45) is 2.43. The highest BCUT2D eigenvalue weighted by Crippen LogP contribution is 2.28. The number of benzene rings is 1. The molecule has 0 aliphatic heterocycles. The fraction of sp³-hybridized carbons (Fsp3) is 0.533. The third kappa shape index (κ3) is 5.63. The van der Waals surface area contributed by atoms with E-state index in [1.54, 1.807) is 0 Å². The number of nitrogens with one attached hydrogen (secondary N) is 1. The highest BCUT2D eigenvalue weighted by Gasteiger charge is 2.08. The second-order valence-corrected chi connectivity index (χ2v) is 5.41. The molecule has 1 aromatic carbocycles. The van der Waals surface area contributed by atoms with E-state index in [-0.39, 0.29) is 0 Å². The number of ether oxygens (including phenoxy) is 1. The number of nitrogens with zero attached hydrogens (tertiary/aromatic N) is 1. The van der Waals surface area contributed by atoms with Gasteiger partial charge in [-0.15, -0.1) is 0 Å². The molecule has 0 amide bonds. The highest BCUT2D eigenvalue weighted by atomic mass is 79.9. The second-order valence-electron chi connectivity index (χ2n) is 4.50. The van der Waals surface area contributed by atoms with Crippen LogP contribution in [-0.4, -0.2) is 13.2 Å². The Bertz CT molecular complexity index is 441. The molecule has 4 heteroatoms. The van der Waals surface area contributed by atoms with Gasteiger partial charge in [0.15, 0.2) is 0 Å². The van der Waals surface area contributed by atoms with Crippen LogP contribution in [0.25, 0.3) is 0 Å². The van der Waals surface area contributed by atoms with Crippen LogP contribution in [0.1, 0.15) is 37.3 Å². The van der Waals surface area contributed by atoms with Gasteiger partial charge in [-0.25, -0.2) is 0 Å². The molecule has 0 radical (unpaired) electrons. The molecule has 0 atom stereocenters. The predicted molar refractivity (Wildman–Crippen MR) is 81.2 cm³/mol. The lowest BCUT2D eigenvalue weighted by molar-refractivity contribution is 0.306. The Morgan fingerprint density at radius 1 is 1.42 bits per heavy atom. The number of rotatable bonds is 8. The Morgan fingerprint density at radius 3 is 2.89 bits per heavy atom. The fourth-order valence-corrected chi connectivity index (χ4v) is 2.48. The zero-order chi connectivity index (χ0) is 14.1. The molecule has 0 saturated heterocycles. The molecular weight excluding hydrogens is 304 g/mol. The van der Waals surface area contributed by atoms with Crippen molar-refractivity contribution in [3.63, 3.8) is 0 Å². The van der Waals surface area contributed by atoms with Crippen molar-refractivity contribution >= 4 is 15.9 Å². The molecular formula is C15H21BrN2O. The van der Waals surface area contributed by atoms with E-state index in [9.17, 15) is 0 Å². The molecule has 0 aromatic heterocycles. The largest absolute Gasteiger partial charge is 0.493 e. The zero-order valence-corrected chi connectivity index (χ0v) is 13.2. The maximum Gasteiger partial charge on any atom is 0.126 e. The fourth-order valence-electron chi connectivity index (χ4n) is 1.86. The molecule has 0 saturated carbocycles. The van der Waals surface area contributed by atoms with Gasteiger partial charge in [-0.2, -0.15) is 5.26 Å². The van der Waals surface area contributed by atoms with Crippen molar-refractivity contribution in [3.8, 4) is 11.8 Å². The Balaban J connectivity index is 2.72. The van der Waals surface area contributed by atoms with Crippen LogP contribution in [0, 0.1) is 18.3 Å². The minimum Gasteiger partial charge on any atom is -0.493 e. The van der Waals surface area contributed by atoms with E-state index in [1.165, 1.54) is 0 Å². The van der Waals surface area contributed by atoms with E-state index in [1.807, 2.05) is 6.92 Å². The summed E-state index contributed by atoms with van der Waals surface area (Å²) in [5.41, 5.74) is 2.29. The first kappa shape index (κ1) is 16.0. The van der Waals surface area contributed by atoms with E-state index in [0.29, 0.717) is 13.0 Å². The normalized spacial score (nSPS) is 10.2. The molecule has 1 aromatic rings. The van der Waals surface area contributed by atoms with Crippen LogP contribution in [0.2, 0.25) is 0 Å². The van der Waals surface area contributed by atoms with E-state index in [4.69, 9.17) is 10.00 Å². The smallest absolute Gasteiger partial charge is 0.126 e. The lowest BCUT2D eigenvalue weighted by Gasteiger charge is -2.15. The van der Waals surface area contributed by atoms with Crippen LogP contribution < -0.4 is 10.1 Å². The standard InChI is InChI=1S/C15H21BrN2O/c1-3-7-18-11-13-10-14(16)9-12(2)15(13)19-8-5-4-6-17/h9-10,18H,3-5,7-8,11H2,1-2H3. The van der Waals surface area contributed by atoms with Crippen molar-refractivity contribution in [2.45, 2.75) is 39.7 Å². The topological polar surface area (TPSA) is 45.0 Å². The van der Waals surface area contributed by atoms with Gasteiger partial charge in [0, 0.05) is 23.0 Å². The summed E-state index contributed by atoms with van der Waals surface area (Å²) in [5, 5.41) is 11.9. The van der Waals surface area contributed by atoms with Crippen LogP contribution in [0.15, 0.2) is 16.6 Å².